The summed E-state index contributed by atoms with van der Waals surface area (Å²) in [6, 6.07) is 13.6. The highest BCUT2D eigenvalue weighted by atomic mass is 35.5. The number of amides is 1. The number of rotatable bonds is 6. The highest BCUT2D eigenvalue weighted by Gasteiger charge is 2.09. The van der Waals surface area contributed by atoms with Crippen LogP contribution in [0.4, 0.5) is 0 Å². The molecule has 2 rings (SSSR count). The number of halogens is 1. The molecule has 0 spiro atoms. The second-order valence-electron chi connectivity index (χ2n) is 4.70. The van der Waals surface area contributed by atoms with Crippen molar-refractivity contribution in [3.63, 3.8) is 0 Å². The van der Waals surface area contributed by atoms with Crippen LogP contribution in [0.3, 0.4) is 0 Å². The molecular weight excluding hydrogens is 318 g/mol. The fraction of sp³-hybridized carbons (Fsp3) is 0.176. The molecule has 0 radical (unpaired) electrons. The van der Waals surface area contributed by atoms with Gasteiger partial charge in [-0.25, -0.2) is 0 Å². The van der Waals surface area contributed by atoms with Crippen molar-refractivity contribution in [3.05, 3.63) is 64.7 Å². The van der Waals surface area contributed by atoms with Crippen molar-refractivity contribution in [1.82, 2.24) is 5.32 Å². The van der Waals surface area contributed by atoms with Gasteiger partial charge in [-0.15, -0.1) is 0 Å². The molecule has 0 heterocycles. The minimum atomic E-state index is -0.521. The number of benzene rings is 2. The number of ether oxygens (including phenoxy) is 2. The van der Waals surface area contributed by atoms with Crippen LogP contribution in [0.1, 0.15) is 15.9 Å². The van der Waals surface area contributed by atoms with Gasteiger partial charge in [0.05, 0.1) is 7.11 Å². The average molecular weight is 334 g/mol. The molecule has 120 valence electrons. The largest absolute Gasteiger partial charge is 0.497 e. The van der Waals surface area contributed by atoms with Crippen molar-refractivity contribution in [2.24, 2.45) is 0 Å². The maximum atomic E-state index is 11.9. The first-order valence-corrected chi connectivity index (χ1v) is 7.28. The summed E-state index contributed by atoms with van der Waals surface area (Å²) in [4.78, 5) is 23.5. The second-order valence-corrected chi connectivity index (χ2v) is 5.14. The van der Waals surface area contributed by atoms with E-state index in [1.165, 1.54) is 0 Å². The van der Waals surface area contributed by atoms with E-state index in [1.54, 1.807) is 55.6 Å². The molecule has 0 bridgehead atoms. The summed E-state index contributed by atoms with van der Waals surface area (Å²) in [5, 5.41) is 3.08. The van der Waals surface area contributed by atoms with Crippen LogP contribution in [0.25, 0.3) is 0 Å². The van der Waals surface area contributed by atoms with Crippen LogP contribution in [-0.2, 0) is 16.1 Å². The van der Waals surface area contributed by atoms with Crippen LogP contribution in [0.2, 0.25) is 5.02 Å². The van der Waals surface area contributed by atoms with Gasteiger partial charge >= 0.3 is 5.97 Å². The summed E-state index contributed by atoms with van der Waals surface area (Å²) < 4.78 is 10.1. The zero-order chi connectivity index (χ0) is 16.7. The molecule has 0 aliphatic rings. The SMILES string of the molecule is COc1ccc(C(=O)NCC(=O)OCc2cccc(Cl)c2)cc1. The average Bonchev–Trinajstić information content (AvgIpc) is 2.58. The van der Waals surface area contributed by atoms with E-state index in [4.69, 9.17) is 21.1 Å². The third-order valence-corrected chi connectivity index (χ3v) is 3.27. The summed E-state index contributed by atoms with van der Waals surface area (Å²) in [6.07, 6.45) is 0. The number of hydrogen-bond donors (Lipinski definition) is 1. The first kappa shape index (κ1) is 16.8. The Morgan fingerprint density at radius 2 is 1.87 bits per heavy atom. The molecule has 2 aromatic rings. The van der Waals surface area contributed by atoms with Gasteiger partial charge in [0.25, 0.3) is 5.91 Å². The normalized spacial score (nSPS) is 10.0. The van der Waals surface area contributed by atoms with Gasteiger partial charge in [-0.05, 0) is 42.0 Å². The van der Waals surface area contributed by atoms with Crippen molar-refractivity contribution in [2.45, 2.75) is 6.61 Å². The van der Waals surface area contributed by atoms with E-state index < -0.39 is 5.97 Å². The van der Waals surface area contributed by atoms with Crippen LogP contribution in [-0.4, -0.2) is 25.5 Å². The fourth-order valence-electron chi connectivity index (χ4n) is 1.84. The lowest BCUT2D eigenvalue weighted by molar-refractivity contribution is -0.143. The van der Waals surface area contributed by atoms with Crippen molar-refractivity contribution in [3.8, 4) is 5.75 Å². The topological polar surface area (TPSA) is 64.6 Å². The molecule has 5 nitrogen and oxygen atoms in total. The number of carbonyl (C=O) groups is 2. The molecule has 1 N–H and O–H groups in total. The molecule has 0 saturated carbocycles. The fourth-order valence-corrected chi connectivity index (χ4v) is 2.05. The van der Waals surface area contributed by atoms with Gasteiger partial charge in [0.1, 0.15) is 18.9 Å². The molecule has 0 unspecified atom stereocenters. The molecule has 0 atom stereocenters. The first-order chi connectivity index (χ1) is 11.1. The molecule has 0 fully saturated rings. The zero-order valence-electron chi connectivity index (χ0n) is 12.5. The number of nitrogens with one attached hydrogen (secondary N) is 1. The Morgan fingerprint density at radius 1 is 1.13 bits per heavy atom. The van der Waals surface area contributed by atoms with Gasteiger partial charge in [0, 0.05) is 10.6 Å². The first-order valence-electron chi connectivity index (χ1n) is 6.91. The third kappa shape index (κ3) is 5.30. The van der Waals surface area contributed by atoms with E-state index in [1.807, 2.05) is 0 Å². The van der Waals surface area contributed by atoms with Crippen LogP contribution < -0.4 is 10.1 Å². The van der Waals surface area contributed by atoms with Gasteiger partial charge in [0.15, 0.2) is 0 Å². The number of esters is 1. The van der Waals surface area contributed by atoms with E-state index in [0.717, 1.165) is 5.56 Å². The van der Waals surface area contributed by atoms with Crippen LogP contribution in [0, 0.1) is 0 Å². The van der Waals surface area contributed by atoms with Crippen LogP contribution >= 0.6 is 11.6 Å². The van der Waals surface area contributed by atoms with Gasteiger partial charge in [-0.2, -0.15) is 0 Å². The van der Waals surface area contributed by atoms with Gasteiger partial charge in [0.2, 0.25) is 0 Å². The lowest BCUT2D eigenvalue weighted by atomic mass is 10.2. The summed E-state index contributed by atoms with van der Waals surface area (Å²) in [5.74, 6) is -0.221. The van der Waals surface area contributed by atoms with E-state index in [0.29, 0.717) is 16.3 Å². The Kier molecular flexibility index (Phi) is 6.00. The predicted octanol–water partition coefficient (Wildman–Crippen LogP) is 2.82. The molecule has 1 amide bonds. The Hall–Kier alpha value is -2.53. The maximum absolute atomic E-state index is 11.9. The van der Waals surface area contributed by atoms with Crippen molar-refractivity contribution < 1.29 is 19.1 Å². The molecule has 0 aliphatic heterocycles. The van der Waals surface area contributed by atoms with E-state index in [2.05, 4.69) is 5.32 Å². The highest BCUT2D eigenvalue weighted by molar-refractivity contribution is 6.30. The number of methoxy groups -OCH3 is 1. The van der Waals surface area contributed by atoms with E-state index in [-0.39, 0.29) is 19.1 Å². The smallest absolute Gasteiger partial charge is 0.325 e. The maximum Gasteiger partial charge on any atom is 0.325 e. The van der Waals surface area contributed by atoms with Crippen LogP contribution in [0.5, 0.6) is 5.75 Å². The Balaban J connectivity index is 1.78. The quantitative estimate of drug-likeness (QED) is 0.826. The van der Waals surface area contributed by atoms with E-state index >= 15 is 0 Å². The zero-order valence-corrected chi connectivity index (χ0v) is 13.3. The molecule has 6 heteroatoms. The summed E-state index contributed by atoms with van der Waals surface area (Å²) in [5.41, 5.74) is 1.22. The molecule has 0 aromatic heterocycles. The van der Waals surface area contributed by atoms with Crippen molar-refractivity contribution >= 4 is 23.5 Å². The Morgan fingerprint density at radius 3 is 2.52 bits per heavy atom. The minimum Gasteiger partial charge on any atom is -0.497 e. The van der Waals surface area contributed by atoms with Gasteiger partial charge < -0.3 is 14.8 Å². The molecular formula is C17H16ClNO4. The van der Waals surface area contributed by atoms with Gasteiger partial charge in [-0.3, -0.25) is 9.59 Å². The predicted molar refractivity (Wildman–Crippen MR) is 86.6 cm³/mol. The Labute approximate surface area is 139 Å². The molecule has 0 saturated heterocycles. The summed E-state index contributed by atoms with van der Waals surface area (Å²) in [6.45, 7) is -0.0940. The molecule has 2 aromatic carbocycles. The standard InChI is InChI=1S/C17H16ClNO4/c1-22-15-7-5-13(6-8-15)17(21)19-10-16(20)23-11-12-3-2-4-14(18)9-12/h2-9H,10-11H2,1H3,(H,19,21). The van der Waals surface area contributed by atoms with Crippen LogP contribution in [0.15, 0.2) is 48.5 Å². The highest BCUT2D eigenvalue weighted by Crippen LogP contribution is 2.12. The second kappa shape index (κ2) is 8.19. The van der Waals surface area contributed by atoms with Gasteiger partial charge in [-0.1, -0.05) is 23.7 Å². The number of hydrogen-bond acceptors (Lipinski definition) is 4. The summed E-state index contributed by atoms with van der Waals surface area (Å²) >= 11 is 5.85. The summed E-state index contributed by atoms with van der Waals surface area (Å²) in [7, 11) is 1.55. The molecule has 0 aliphatic carbocycles. The van der Waals surface area contributed by atoms with E-state index in [9.17, 15) is 9.59 Å². The van der Waals surface area contributed by atoms with Crippen molar-refractivity contribution in [1.29, 1.82) is 0 Å². The third-order valence-electron chi connectivity index (χ3n) is 3.03. The molecule has 23 heavy (non-hydrogen) atoms. The van der Waals surface area contributed by atoms with Crippen molar-refractivity contribution in [2.75, 3.05) is 13.7 Å². The lowest BCUT2D eigenvalue weighted by Crippen LogP contribution is -2.30. The number of carbonyl (C=O) groups excluding carboxylic acids is 2. The monoisotopic (exact) mass is 333 g/mol. The Bertz CT molecular complexity index is 685. The minimum absolute atomic E-state index is 0.109. The lowest BCUT2D eigenvalue weighted by Gasteiger charge is -2.07.